The van der Waals surface area contributed by atoms with Crippen LogP contribution in [0.15, 0.2) is 30.5 Å². The number of methoxy groups -OCH3 is 1. The fourth-order valence-electron chi connectivity index (χ4n) is 1.60. The lowest BCUT2D eigenvalue weighted by Gasteiger charge is -2.07. The molecule has 0 aliphatic carbocycles. The van der Waals surface area contributed by atoms with Crippen LogP contribution in [0.3, 0.4) is 0 Å². The van der Waals surface area contributed by atoms with Gasteiger partial charge >= 0.3 is 0 Å². The van der Waals surface area contributed by atoms with Crippen LogP contribution >= 0.6 is 11.6 Å². The van der Waals surface area contributed by atoms with Gasteiger partial charge in [0.25, 0.3) is 5.91 Å². The average Bonchev–Trinajstić information content (AvgIpc) is 2.83. The van der Waals surface area contributed by atoms with Crippen LogP contribution in [0, 0.1) is 6.92 Å². The van der Waals surface area contributed by atoms with Crippen molar-refractivity contribution >= 4 is 23.2 Å². The average molecular weight is 280 g/mol. The molecule has 6 heteroatoms. The number of carbonyl (C=O) groups is 1. The summed E-state index contributed by atoms with van der Waals surface area (Å²) in [6.45, 7) is 2.21. The molecule has 5 nitrogen and oxygen atoms in total. The standard InChI is InChI=1S/C13H14ClN3O2/c1-9-3-4-10(14)7-12(9)15-13(18)11-5-6-17(16-11)8-19-2/h3-7H,8H2,1-2H3,(H,15,18). The molecule has 1 aromatic heterocycles. The van der Waals surface area contributed by atoms with Gasteiger partial charge in [0.1, 0.15) is 6.73 Å². The second kappa shape index (κ2) is 5.86. The minimum Gasteiger partial charge on any atom is -0.362 e. The zero-order valence-corrected chi connectivity index (χ0v) is 11.4. The predicted octanol–water partition coefficient (Wildman–Crippen LogP) is 2.70. The molecule has 0 aliphatic rings. The van der Waals surface area contributed by atoms with E-state index in [-0.39, 0.29) is 5.91 Å². The van der Waals surface area contributed by atoms with E-state index in [1.807, 2.05) is 13.0 Å². The van der Waals surface area contributed by atoms with Crippen molar-refractivity contribution in [2.45, 2.75) is 13.7 Å². The van der Waals surface area contributed by atoms with Crippen LogP contribution in [-0.2, 0) is 11.5 Å². The van der Waals surface area contributed by atoms with E-state index < -0.39 is 0 Å². The van der Waals surface area contributed by atoms with Crippen LogP contribution in [0.2, 0.25) is 5.02 Å². The highest BCUT2D eigenvalue weighted by atomic mass is 35.5. The lowest BCUT2D eigenvalue weighted by atomic mass is 10.2. The van der Waals surface area contributed by atoms with Gasteiger partial charge in [0.2, 0.25) is 0 Å². The summed E-state index contributed by atoms with van der Waals surface area (Å²) < 4.78 is 6.47. The van der Waals surface area contributed by atoms with Crippen LogP contribution < -0.4 is 5.32 Å². The van der Waals surface area contributed by atoms with Crippen molar-refractivity contribution in [2.75, 3.05) is 12.4 Å². The van der Waals surface area contributed by atoms with Crippen molar-refractivity contribution < 1.29 is 9.53 Å². The molecule has 0 saturated carbocycles. The van der Waals surface area contributed by atoms with Crippen molar-refractivity contribution in [1.29, 1.82) is 0 Å². The predicted molar refractivity (Wildman–Crippen MR) is 73.4 cm³/mol. The summed E-state index contributed by atoms with van der Waals surface area (Å²) in [6, 6.07) is 6.97. The van der Waals surface area contributed by atoms with Crippen LogP contribution in [0.25, 0.3) is 0 Å². The second-order valence-corrected chi connectivity index (χ2v) is 4.51. The minimum atomic E-state index is -0.278. The molecule has 2 rings (SSSR count). The second-order valence-electron chi connectivity index (χ2n) is 4.07. The Bertz CT molecular complexity index is 595. The number of benzene rings is 1. The normalized spacial score (nSPS) is 10.5. The highest BCUT2D eigenvalue weighted by molar-refractivity contribution is 6.31. The highest BCUT2D eigenvalue weighted by Crippen LogP contribution is 2.20. The van der Waals surface area contributed by atoms with E-state index in [9.17, 15) is 4.79 Å². The van der Waals surface area contributed by atoms with Gasteiger partial charge < -0.3 is 10.1 Å². The molecule has 100 valence electrons. The molecule has 1 heterocycles. The first-order valence-electron chi connectivity index (χ1n) is 5.70. The summed E-state index contributed by atoms with van der Waals surface area (Å²) in [7, 11) is 1.57. The number of aryl methyl sites for hydroxylation is 1. The molecule has 1 aromatic carbocycles. The summed E-state index contributed by atoms with van der Waals surface area (Å²) >= 11 is 5.90. The molecule has 0 bridgehead atoms. The summed E-state index contributed by atoms with van der Waals surface area (Å²) in [5, 5.41) is 7.45. The fourth-order valence-corrected chi connectivity index (χ4v) is 1.77. The third-order valence-corrected chi connectivity index (χ3v) is 2.82. The van der Waals surface area contributed by atoms with Gasteiger partial charge in [0.05, 0.1) is 0 Å². The molecule has 2 aromatic rings. The van der Waals surface area contributed by atoms with Crippen LogP contribution in [0.5, 0.6) is 0 Å². The molecule has 0 atom stereocenters. The maximum Gasteiger partial charge on any atom is 0.276 e. The topological polar surface area (TPSA) is 56.1 Å². The summed E-state index contributed by atoms with van der Waals surface area (Å²) in [5.41, 5.74) is 1.95. The number of hydrogen-bond donors (Lipinski definition) is 1. The Morgan fingerprint density at radius 1 is 1.47 bits per heavy atom. The fraction of sp³-hybridized carbons (Fsp3) is 0.231. The Kier molecular flexibility index (Phi) is 4.19. The number of anilines is 1. The molecule has 19 heavy (non-hydrogen) atoms. The molecule has 0 unspecified atom stereocenters. The quantitative estimate of drug-likeness (QED) is 0.936. The third kappa shape index (κ3) is 3.33. The molecule has 0 spiro atoms. The molecular formula is C13H14ClN3O2. The molecule has 1 amide bonds. The number of nitrogens with zero attached hydrogens (tertiary/aromatic N) is 2. The Hall–Kier alpha value is -1.85. The lowest BCUT2D eigenvalue weighted by Crippen LogP contribution is -2.14. The minimum absolute atomic E-state index is 0.278. The first kappa shape index (κ1) is 13.6. The van der Waals surface area contributed by atoms with Gasteiger partial charge in [-0.3, -0.25) is 4.79 Å². The Balaban J connectivity index is 2.13. The number of rotatable bonds is 4. The Labute approximate surface area is 116 Å². The number of ether oxygens (including phenoxy) is 1. The van der Waals surface area contributed by atoms with E-state index in [2.05, 4.69) is 10.4 Å². The number of halogens is 1. The summed E-state index contributed by atoms with van der Waals surface area (Å²) in [5.74, 6) is -0.278. The van der Waals surface area contributed by atoms with Crippen molar-refractivity contribution in [1.82, 2.24) is 9.78 Å². The van der Waals surface area contributed by atoms with Gasteiger partial charge in [-0.25, -0.2) is 4.68 Å². The zero-order chi connectivity index (χ0) is 13.8. The summed E-state index contributed by atoms with van der Waals surface area (Å²) in [6.07, 6.45) is 1.68. The van der Waals surface area contributed by atoms with Crippen molar-refractivity contribution in [3.8, 4) is 0 Å². The van der Waals surface area contributed by atoms with E-state index >= 15 is 0 Å². The van der Waals surface area contributed by atoms with Gasteiger partial charge in [0.15, 0.2) is 5.69 Å². The highest BCUT2D eigenvalue weighted by Gasteiger charge is 2.11. The van der Waals surface area contributed by atoms with E-state index in [0.717, 1.165) is 5.56 Å². The third-order valence-electron chi connectivity index (χ3n) is 2.58. The number of amides is 1. The van der Waals surface area contributed by atoms with E-state index in [1.54, 1.807) is 36.2 Å². The van der Waals surface area contributed by atoms with Gasteiger partial charge in [-0.05, 0) is 30.7 Å². The monoisotopic (exact) mass is 279 g/mol. The van der Waals surface area contributed by atoms with Gasteiger partial charge in [-0.2, -0.15) is 5.10 Å². The van der Waals surface area contributed by atoms with Gasteiger partial charge in [-0.15, -0.1) is 0 Å². The smallest absolute Gasteiger partial charge is 0.276 e. The Morgan fingerprint density at radius 3 is 3.00 bits per heavy atom. The van der Waals surface area contributed by atoms with E-state index in [0.29, 0.717) is 23.1 Å². The first-order valence-corrected chi connectivity index (χ1v) is 6.08. The van der Waals surface area contributed by atoms with E-state index in [1.165, 1.54) is 0 Å². The number of nitrogens with one attached hydrogen (secondary N) is 1. The van der Waals surface area contributed by atoms with Gasteiger partial charge in [0, 0.05) is 24.0 Å². The van der Waals surface area contributed by atoms with Crippen LogP contribution in [0.4, 0.5) is 5.69 Å². The number of carbonyl (C=O) groups excluding carboxylic acids is 1. The largest absolute Gasteiger partial charge is 0.362 e. The molecule has 0 fully saturated rings. The zero-order valence-electron chi connectivity index (χ0n) is 10.7. The van der Waals surface area contributed by atoms with Crippen molar-refractivity contribution in [2.24, 2.45) is 0 Å². The van der Waals surface area contributed by atoms with Crippen molar-refractivity contribution in [3.63, 3.8) is 0 Å². The van der Waals surface area contributed by atoms with Gasteiger partial charge in [-0.1, -0.05) is 17.7 Å². The molecule has 0 radical (unpaired) electrons. The van der Waals surface area contributed by atoms with Crippen molar-refractivity contribution in [3.05, 3.63) is 46.7 Å². The molecule has 0 saturated heterocycles. The van der Waals surface area contributed by atoms with E-state index in [4.69, 9.17) is 16.3 Å². The maximum absolute atomic E-state index is 12.0. The SMILES string of the molecule is COCn1ccc(C(=O)Nc2cc(Cl)ccc2C)n1. The number of hydrogen-bond acceptors (Lipinski definition) is 3. The molecular weight excluding hydrogens is 266 g/mol. The number of aromatic nitrogens is 2. The van der Waals surface area contributed by atoms with Crippen LogP contribution in [-0.4, -0.2) is 22.8 Å². The summed E-state index contributed by atoms with van der Waals surface area (Å²) in [4.78, 5) is 12.0. The molecule has 1 N–H and O–H groups in total. The molecule has 0 aliphatic heterocycles. The lowest BCUT2D eigenvalue weighted by molar-refractivity contribution is 0.101. The Morgan fingerprint density at radius 2 is 2.26 bits per heavy atom. The first-order chi connectivity index (χ1) is 9.10. The maximum atomic E-state index is 12.0. The van der Waals surface area contributed by atoms with Crippen LogP contribution in [0.1, 0.15) is 16.1 Å².